The van der Waals surface area contributed by atoms with E-state index in [1.165, 1.54) is 11.3 Å². The van der Waals surface area contributed by atoms with Crippen molar-refractivity contribution in [3.8, 4) is 0 Å². The molecule has 0 aliphatic carbocycles. The van der Waals surface area contributed by atoms with Gasteiger partial charge in [0.15, 0.2) is 0 Å². The lowest BCUT2D eigenvalue weighted by atomic mass is 10.1. The van der Waals surface area contributed by atoms with E-state index in [0.717, 1.165) is 24.7 Å². The molecular formula is C16H28ClN3. The highest BCUT2D eigenvalue weighted by atomic mass is 35.5. The molecule has 0 fully saturated rings. The molecule has 20 heavy (non-hydrogen) atoms. The number of rotatable bonds is 6. The van der Waals surface area contributed by atoms with Crippen LogP contribution in [-0.4, -0.2) is 44.7 Å². The van der Waals surface area contributed by atoms with Gasteiger partial charge in [-0.3, -0.25) is 0 Å². The standard InChI is InChI=1S/C16H28ClN3/c1-16(2,3)18-12-13-14(17)8-7-9-15(13)20(6)11-10-19(4)5/h7-9,18H,10-12H2,1-6H3. The molecule has 0 amide bonds. The predicted octanol–water partition coefficient (Wildman–Crippen LogP) is 3.23. The molecule has 0 saturated carbocycles. The highest BCUT2D eigenvalue weighted by molar-refractivity contribution is 6.31. The van der Waals surface area contributed by atoms with Crippen LogP contribution in [0.1, 0.15) is 26.3 Å². The quantitative estimate of drug-likeness (QED) is 0.870. The molecule has 0 aliphatic rings. The Balaban J connectivity index is 2.87. The normalized spacial score (nSPS) is 12.0. The number of hydrogen-bond donors (Lipinski definition) is 1. The first kappa shape index (κ1) is 17.3. The molecule has 0 heterocycles. The Morgan fingerprint density at radius 3 is 2.30 bits per heavy atom. The van der Waals surface area contributed by atoms with Crippen LogP contribution in [0.5, 0.6) is 0 Å². The lowest BCUT2D eigenvalue weighted by molar-refractivity contribution is 0.415. The van der Waals surface area contributed by atoms with Crippen LogP contribution >= 0.6 is 11.6 Å². The largest absolute Gasteiger partial charge is 0.373 e. The van der Waals surface area contributed by atoms with Crippen LogP contribution in [0.25, 0.3) is 0 Å². The second kappa shape index (κ2) is 7.30. The second-order valence-electron chi connectivity index (χ2n) is 6.57. The molecule has 1 rings (SSSR count). The first-order valence-electron chi connectivity index (χ1n) is 7.09. The van der Waals surface area contributed by atoms with Gasteiger partial charge >= 0.3 is 0 Å². The molecule has 1 N–H and O–H groups in total. The summed E-state index contributed by atoms with van der Waals surface area (Å²) in [4.78, 5) is 4.46. The van der Waals surface area contributed by atoms with Crippen LogP contribution in [0.3, 0.4) is 0 Å². The minimum absolute atomic E-state index is 0.0820. The fourth-order valence-electron chi connectivity index (χ4n) is 1.90. The molecule has 0 radical (unpaired) electrons. The van der Waals surface area contributed by atoms with Gasteiger partial charge in [0.25, 0.3) is 0 Å². The van der Waals surface area contributed by atoms with Gasteiger partial charge in [-0.1, -0.05) is 17.7 Å². The monoisotopic (exact) mass is 297 g/mol. The molecule has 0 unspecified atom stereocenters. The first-order chi connectivity index (χ1) is 9.20. The van der Waals surface area contributed by atoms with Crippen LogP contribution in [0, 0.1) is 0 Å². The van der Waals surface area contributed by atoms with Crippen molar-refractivity contribution >= 4 is 17.3 Å². The third-order valence-corrected chi connectivity index (χ3v) is 3.54. The second-order valence-corrected chi connectivity index (χ2v) is 6.97. The average Bonchev–Trinajstić information content (AvgIpc) is 2.33. The van der Waals surface area contributed by atoms with Crippen molar-refractivity contribution in [2.45, 2.75) is 32.9 Å². The number of benzene rings is 1. The molecule has 1 aromatic rings. The van der Waals surface area contributed by atoms with Gasteiger partial charge < -0.3 is 15.1 Å². The van der Waals surface area contributed by atoms with Crippen molar-refractivity contribution in [3.63, 3.8) is 0 Å². The maximum Gasteiger partial charge on any atom is 0.0471 e. The lowest BCUT2D eigenvalue weighted by Crippen LogP contribution is -2.36. The Bertz CT molecular complexity index is 424. The smallest absolute Gasteiger partial charge is 0.0471 e. The maximum absolute atomic E-state index is 6.39. The summed E-state index contributed by atoms with van der Waals surface area (Å²) in [6, 6.07) is 6.12. The van der Waals surface area contributed by atoms with Crippen LogP contribution in [0.4, 0.5) is 5.69 Å². The van der Waals surface area contributed by atoms with E-state index in [0.29, 0.717) is 0 Å². The predicted molar refractivity (Wildman–Crippen MR) is 89.9 cm³/mol. The van der Waals surface area contributed by atoms with Gasteiger partial charge in [-0.2, -0.15) is 0 Å². The van der Waals surface area contributed by atoms with Crippen molar-refractivity contribution in [2.24, 2.45) is 0 Å². The Hall–Kier alpha value is -0.770. The molecule has 0 aliphatic heterocycles. The van der Waals surface area contributed by atoms with E-state index in [1.807, 2.05) is 12.1 Å². The molecule has 114 valence electrons. The van der Waals surface area contributed by atoms with Gasteiger partial charge in [-0.15, -0.1) is 0 Å². The summed E-state index contributed by atoms with van der Waals surface area (Å²) in [5.41, 5.74) is 2.46. The zero-order chi connectivity index (χ0) is 15.3. The number of hydrogen-bond acceptors (Lipinski definition) is 3. The lowest BCUT2D eigenvalue weighted by Gasteiger charge is -2.27. The van der Waals surface area contributed by atoms with Crippen LogP contribution < -0.4 is 10.2 Å². The Morgan fingerprint density at radius 2 is 1.75 bits per heavy atom. The van der Waals surface area contributed by atoms with Crippen molar-refractivity contribution in [1.29, 1.82) is 0 Å². The minimum Gasteiger partial charge on any atom is -0.373 e. The average molecular weight is 298 g/mol. The molecule has 1 aromatic carbocycles. The zero-order valence-corrected chi connectivity index (χ0v) is 14.4. The number of nitrogens with zero attached hydrogens (tertiary/aromatic N) is 2. The summed E-state index contributed by atoms with van der Waals surface area (Å²) in [7, 11) is 6.30. The van der Waals surface area contributed by atoms with Gasteiger partial charge in [-0.05, 0) is 47.0 Å². The maximum atomic E-state index is 6.39. The van der Waals surface area contributed by atoms with E-state index in [1.54, 1.807) is 0 Å². The molecule has 3 nitrogen and oxygen atoms in total. The summed E-state index contributed by atoms with van der Waals surface area (Å²) in [5.74, 6) is 0. The van der Waals surface area contributed by atoms with E-state index in [2.05, 4.69) is 63.1 Å². The number of likely N-dealkylation sites (N-methyl/N-ethyl adjacent to an activating group) is 2. The number of halogens is 1. The van der Waals surface area contributed by atoms with E-state index in [9.17, 15) is 0 Å². The molecule has 0 bridgehead atoms. The first-order valence-corrected chi connectivity index (χ1v) is 7.47. The van der Waals surface area contributed by atoms with E-state index < -0.39 is 0 Å². The Labute approximate surface area is 128 Å². The van der Waals surface area contributed by atoms with Crippen molar-refractivity contribution in [2.75, 3.05) is 39.1 Å². The summed E-state index contributed by atoms with van der Waals surface area (Å²) in [6.45, 7) is 9.29. The zero-order valence-electron chi connectivity index (χ0n) is 13.6. The third-order valence-electron chi connectivity index (χ3n) is 3.18. The molecule has 0 saturated heterocycles. The van der Waals surface area contributed by atoms with E-state index >= 15 is 0 Å². The van der Waals surface area contributed by atoms with Crippen LogP contribution in [0.2, 0.25) is 5.02 Å². The Kier molecular flexibility index (Phi) is 6.31. The summed E-state index contributed by atoms with van der Waals surface area (Å²) in [5, 5.41) is 4.35. The molecule has 0 spiro atoms. The van der Waals surface area contributed by atoms with Gasteiger partial charge in [-0.25, -0.2) is 0 Å². The fraction of sp³-hybridized carbons (Fsp3) is 0.625. The Morgan fingerprint density at radius 1 is 1.10 bits per heavy atom. The minimum atomic E-state index is 0.0820. The van der Waals surface area contributed by atoms with Crippen molar-refractivity contribution in [3.05, 3.63) is 28.8 Å². The molecular weight excluding hydrogens is 270 g/mol. The molecule has 4 heteroatoms. The fourth-order valence-corrected chi connectivity index (χ4v) is 2.14. The van der Waals surface area contributed by atoms with E-state index in [4.69, 9.17) is 11.6 Å². The van der Waals surface area contributed by atoms with Gasteiger partial charge in [0.2, 0.25) is 0 Å². The van der Waals surface area contributed by atoms with Crippen molar-refractivity contribution < 1.29 is 0 Å². The number of anilines is 1. The van der Waals surface area contributed by atoms with Gasteiger partial charge in [0.05, 0.1) is 0 Å². The van der Waals surface area contributed by atoms with Crippen molar-refractivity contribution in [1.82, 2.24) is 10.2 Å². The summed E-state index contributed by atoms with van der Waals surface area (Å²) < 4.78 is 0. The number of nitrogens with one attached hydrogen (secondary N) is 1. The highest BCUT2D eigenvalue weighted by Crippen LogP contribution is 2.27. The molecule has 0 aromatic heterocycles. The SMILES string of the molecule is CN(C)CCN(C)c1cccc(Cl)c1CNC(C)(C)C. The van der Waals surface area contributed by atoms with Crippen LogP contribution in [-0.2, 0) is 6.54 Å². The molecule has 0 atom stereocenters. The summed E-state index contributed by atoms with van der Waals surface area (Å²) >= 11 is 6.39. The summed E-state index contributed by atoms with van der Waals surface area (Å²) in [6.07, 6.45) is 0. The third kappa shape index (κ3) is 5.70. The van der Waals surface area contributed by atoms with Gasteiger partial charge in [0, 0.05) is 48.5 Å². The van der Waals surface area contributed by atoms with Gasteiger partial charge in [0.1, 0.15) is 0 Å². The topological polar surface area (TPSA) is 18.5 Å². The van der Waals surface area contributed by atoms with E-state index in [-0.39, 0.29) is 5.54 Å². The van der Waals surface area contributed by atoms with Crippen LogP contribution in [0.15, 0.2) is 18.2 Å². The highest BCUT2D eigenvalue weighted by Gasteiger charge is 2.14.